The molecule has 0 unspecified atom stereocenters. The van der Waals surface area contributed by atoms with E-state index in [9.17, 15) is 0 Å². The molecule has 0 radical (unpaired) electrons. The van der Waals surface area contributed by atoms with Crippen molar-refractivity contribution in [3.8, 4) is 167 Å². The second-order valence-corrected chi connectivity index (χ2v) is 27.5. The third kappa shape index (κ3) is 12.7. The van der Waals surface area contributed by atoms with E-state index in [1.807, 2.05) is 0 Å². The Balaban J connectivity index is 1.15. The molecular formula is C102H78. The molecule has 0 spiro atoms. The first-order valence-electron chi connectivity index (χ1n) is 35.6. The smallest absolute Gasteiger partial charge is 0.00143 e. The Morgan fingerprint density at radius 2 is 0.245 bits per heavy atom. The molecule has 16 aromatic carbocycles. The van der Waals surface area contributed by atoms with Crippen molar-refractivity contribution >= 4 is 0 Å². The van der Waals surface area contributed by atoms with Crippen molar-refractivity contribution in [1.82, 2.24) is 0 Å². The van der Waals surface area contributed by atoms with Crippen LogP contribution in [-0.2, 0) is 0 Å². The Morgan fingerprint density at radius 3 is 0.422 bits per heavy atom. The maximum Gasteiger partial charge on any atom is -0.00143 e. The fraction of sp³-hybridized carbons (Fsp3) is 0.0588. The lowest BCUT2D eigenvalue weighted by Gasteiger charge is -2.27. The van der Waals surface area contributed by atoms with E-state index in [0.717, 1.165) is 134 Å². The Kier molecular flexibility index (Phi) is 17.6. The molecule has 0 nitrogen and oxygen atoms in total. The third-order valence-corrected chi connectivity index (χ3v) is 20.3. The van der Waals surface area contributed by atoms with Gasteiger partial charge in [0.05, 0.1) is 0 Å². The van der Waals surface area contributed by atoms with Gasteiger partial charge in [-0.15, -0.1) is 0 Å². The van der Waals surface area contributed by atoms with E-state index < -0.39 is 0 Å². The molecule has 0 saturated heterocycles. The van der Waals surface area contributed by atoms with Crippen LogP contribution in [0.3, 0.4) is 0 Å². The van der Waals surface area contributed by atoms with Gasteiger partial charge in [0, 0.05) is 0 Å². The average molecular weight is 1300 g/mol. The molecule has 0 heteroatoms. The standard InChI is InChI=1S/C102H78/c1-67-37-49-79(50-38-67)97-88(73-25-13-7-14-26-73)64-91(94(76-31-19-10-20-32-76)100(97)82-55-43-70(4)44-56-82)85-61-86(92-65-89(74-27-15-8-16-28-74)98(80-51-39-68(2)40-52-80)101(83-57-45-71(5)46-58-83)95(92)77-33-21-11-22-34-77)63-87(62-85)93-66-90(75-29-17-9-18-30-75)99(81-53-41-69(3)42-54-81)102(84-59-47-72(6)48-60-84)96(93)78-35-23-12-24-36-78/h7-66H,1-6H3. The summed E-state index contributed by atoms with van der Waals surface area (Å²) in [6.45, 7) is 13.1. The van der Waals surface area contributed by atoms with Gasteiger partial charge >= 0.3 is 0 Å². The molecule has 0 saturated carbocycles. The van der Waals surface area contributed by atoms with Crippen LogP contribution in [0.15, 0.2) is 364 Å². The van der Waals surface area contributed by atoms with Gasteiger partial charge in [0.1, 0.15) is 0 Å². The molecule has 16 rings (SSSR count). The van der Waals surface area contributed by atoms with E-state index >= 15 is 0 Å². The first kappa shape index (κ1) is 64.2. The lowest BCUT2D eigenvalue weighted by atomic mass is 9.75. The lowest BCUT2D eigenvalue weighted by Crippen LogP contribution is -2.01. The molecule has 0 aliphatic carbocycles. The van der Waals surface area contributed by atoms with Gasteiger partial charge in [0.15, 0.2) is 0 Å². The lowest BCUT2D eigenvalue weighted by molar-refractivity contribution is 1.45. The highest BCUT2D eigenvalue weighted by atomic mass is 14.3. The Morgan fingerprint density at radius 1 is 0.108 bits per heavy atom. The zero-order valence-corrected chi connectivity index (χ0v) is 58.6. The molecule has 0 N–H and O–H groups in total. The molecule has 486 valence electrons. The monoisotopic (exact) mass is 1300 g/mol. The van der Waals surface area contributed by atoms with Crippen molar-refractivity contribution in [1.29, 1.82) is 0 Å². The van der Waals surface area contributed by atoms with Gasteiger partial charge in [-0.2, -0.15) is 0 Å². The van der Waals surface area contributed by atoms with Crippen molar-refractivity contribution in [2.45, 2.75) is 41.5 Å². The molecule has 0 fully saturated rings. The number of benzene rings is 16. The third-order valence-electron chi connectivity index (χ3n) is 20.3. The first-order chi connectivity index (χ1) is 50.1. The van der Waals surface area contributed by atoms with E-state index in [1.54, 1.807) is 0 Å². The van der Waals surface area contributed by atoms with E-state index in [2.05, 4.69) is 406 Å². The van der Waals surface area contributed by atoms with E-state index in [1.165, 1.54) is 66.8 Å². The molecule has 0 aliphatic rings. The van der Waals surface area contributed by atoms with Gasteiger partial charge in [0.25, 0.3) is 0 Å². The predicted molar refractivity (Wildman–Crippen MR) is 436 cm³/mol. The zero-order valence-electron chi connectivity index (χ0n) is 58.6. The molecule has 0 bridgehead atoms. The summed E-state index contributed by atoms with van der Waals surface area (Å²) < 4.78 is 0. The van der Waals surface area contributed by atoms with Crippen LogP contribution in [0.5, 0.6) is 0 Å². The van der Waals surface area contributed by atoms with E-state index in [-0.39, 0.29) is 0 Å². The van der Waals surface area contributed by atoms with Crippen molar-refractivity contribution in [3.05, 3.63) is 397 Å². The zero-order chi connectivity index (χ0) is 69.2. The molecule has 0 aliphatic heterocycles. The topological polar surface area (TPSA) is 0 Å². The predicted octanol–water partition coefficient (Wildman–Crippen LogP) is 28.5. The summed E-state index contributed by atoms with van der Waals surface area (Å²) in [6, 6.07) is 137. The molecule has 0 atom stereocenters. The Labute approximate surface area is 601 Å². The summed E-state index contributed by atoms with van der Waals surface area (Å²) in [5.74, 6) is 0. The summed E-state index contributed by atoms with van der Waals surface area (Å²) in [6.07, 6.45) is 0. The van der Waals surface area contributed by atoms with Crippen LogP contribution in [0.25, 0.3) is 167 Å². The van der Waals surface area contributed by atoms with E-state index in [4.69, 9.17) is 0 Å². The quantitative estimate of drug-likeness (QED) is 0.0960. The van der Waals surface area contributed by atoms with Gasteiger partial charge in [-0.3, -0.25) is 0 Å². The van der Waals surface area contributed by atoms with Gasteiger partial charge in [-0.25, -0.2) is 0 Å². The van der Waals surface area contributed by atoms with Gasteiger partial charge in [-0.1, -0.05) is 361 Å². The molecule has 16 aromatic rings. The van der Waals surface area contributed by atoms with Crippen LogP contribution in [-0.4, -0.2) is 0 Å². The molecule has 0 heterocycles. The van der Waals surface area contributed by atoms with Crippen molar-refractivity contribution < 1.29 is 0 Å². The number of rotatable bonds is 15. The minimum Gasteiger partial charge on any atom is -0.0622 e. The summed E-state index contributed by atoms with van der Waals surface area (Å²) >= 11 is 0. The minimum absolute atomic E-state index is 1.09. The SMILES string of the molecule is Cc1ccc(-c2c(-c3ccccc3)cc(-c3cc(-c4cc(-c5ccccc5)c(-c5ccc(C)cc5)c(-c5ccc(C)cc5)c4-c4ccccc4)cc(-c4cc(-c5ccccc5)c(-c5ccc(C)cc5)c(-c5ccc(C)cc5)c4-c4ccccc4)c3)c(-c3ccccc3)c2-c2ccc(C)cc2)cc1. The first-order valence-corrected chi connectivity index (χ1v) is 35.6. The van der Waals surface area contributed by atoms with Gasteiger partial charge < -0.3 is 0 Å². The van der Waals surface area contributed by atoms with Gasteiger partial charge in [-0.05, 0) is 245 Å². The molecular weight excluding hydrogens is 1230 g/mol. The molecule has 0 aromatic heterocycles. The summed E-state index contributed by atoms with van der Waals surface area (Å²) in [5.41, 5.74) is 41.6. The fourth-order valence-corrected chi connectivity index (χ4v) is 15.2. The summed E-state index contributed by atoms with van der Waals surface area (Å²) in [4.78, 5) is 0. The van der Waals surface area contributed by atoms with E-state index in [0.29, 0.717) is 0 Å². The highest BCUT2D eigenvalue weighted by Crippen LogP contribution is 2.57. The number of hydrogen-bond donors (Lipinski definition) is 0. The second-order valence-electron chi connectivity index (χ2n) is 27.5. The summed E-state index contributed by atoms with van der Waals surface area (Å²) in [5, 5.41) is 0. The largest absolute Gasteiger partial charge is 0.0622 e. The molecule has 0 amide bonds. The van der Waals surface area contributed by atoms with Gasteiger partial charge in [0.2, 0.25) is 0 Å². The second kappa shape index (κ2) is 28.0. The normalized spacial score (nSPS) is 11.2. The highest BCUT2D eigenvalue weighted by molar-refractivity contribution is 6.13. The summed E-state index contributed by atoms with van der Waals surface area (Å²) in [7, 11) is 0. The van der Waals surface area contributed by atoms with Crippen LogP contribution in [0, 0.1) is 41.5 Å². The maximum atomic E-state index is 2.54. The Bertz CT molecular complexity index is 5080. The van der Waals surface area contributed by atoms with Crippen molar-refractivity contribution in [3.63, 3.8) is 0 Å². The Hall–Kier alpha value is -12.5. The average Bonchev–Trinajstić information content (AvgIpc) is 0.733. The van der Waals surface area contributed by atoms with Crippen molar-refractivity contribution in [2.24, 2.45) is 0 Å². The van der Waals surface area contributed by atoms with Crippen molar-refractivity contribution in [2.75, 3.05) is 0 Å². The van der Waals surface area contributed by atoms with Crippen LogP contribution >= 0.6 is 0 Å². The number of hydrogen-bond acceptors (Lipinski definition) is 0. The minimum atomic E-state index is 1.09. The van der Waals surface area contributed by atoms with Crippen LogP contribution < -0.4 is 0 Å². The van der Waals surface area contributed by atoms with Crippen LogP contribution in [0.4, 0.5) is 0 Å². The van der Waals surface area contributed by atoms with Crippen LogP contribution in [0.1, 0.15) is 33.4 Å². The highest BCUT2D eigenvalue weighted by Gasteiger charge is 2.30. The fourth-order valence-electron chi connectivity index (χ4n) is 15.2. The maximum absolute atomic E-state index is 2.54. The number of aryl methyl sites for hydroxylation is 6. The van der Waals surface area contributed by atoms with Crippen LogP contribution in [0.2, 0.25) is 0 Å². The molecule has 102 heavy (non-hydrogen) atoms.